The number of aliphatic carboxylic acids is 1. The zero-order chi connectivity index (χ0) is 29.5. The highest BCUT2D eigenvalue weighted by Crippen LogP contribution is 2.48. The van der Waals surface area contributed by atoms with E-state index < -0.39 is 42.2 Å². The van der Waals surface area contributed by atoms with Crippen LogP contribution in [0.15, 0.2) is 23.5 Å². The summed E-state index contributed by atoms with van der Waals surface area (Å²) in [7, 11) is 1.24. The third-order valence-electron chi connectivity index (χ3n) is 8.39. The van der Waals surface area contributed by atoms with Gasteiger partial charge in [0.05, 0.1) is 17.0 Å². The number of ether oxygens (including phenoxy) is 1. The first kappa shape index (κ1) is 29.9. The summed E-state index contributed by atoms with van der Waals surface area (Å²) in [6, 6.07) is 3.17. The molecule has 1 saturated carbocycles. The number of benzene rings is 1. The number of halogens is 3. The minimum Gasteiger partial charge on any atom is -0.487 e. The van der Waals surface area contributed by atoms with Gasteiger partial charge in [-0.2, -0.15) is 0 Å². The Bertz CT molecular complexity index is 1220. The Morgan fingerprint density at radius 3 is 2.62 bits per heavy atom. The van der Waals surface area contributed by atoms with Crippen LogP contribution < -0.4 is 16.3 Å². The molecule has 13 heteroatoms. The first-order chi connectivity index (χ1) is 18.8. The lowest BCUT2D eigenvalue weighted by Gasteiger charge is -2.45. The van der Waals surface area contributed by atoms with E-state index in [1.165, 1.54) is 7.05 Å². The number of amides is 2. The Hall–Kier alpha value is -3.12. The molecular weight excluding hydrogens is 548 g/mol. The summed E-state index contributed by atoms with van der Waals surface area (Å²) in [5, 5.41) is 11.1. The third-order valence-corrected chi connectivity index (χ3v) is 8.74. The average molecular weight is 584 g/mol. The van der Waals surface area contributed by atoms with Gasteiger partial charge >= 0.3 is 5.97 Å². The third kappa shape index (κ3) is 5.30. The van der Waals surface area contributed by atoms with Crippen LogP contribution in [-0.4, -0.2) is 70.9 Å². The van der Waals surface area contributed by atoms with Gasteiger partial charge in [-0.25, -0.2) is 14.6 Å². The predicted molar refractivity (Wildman–Crippen MR) is 143 cm³/mol. The van der Waals surface area contributed by atoms with Crippen molar-refractivity contribution >= 4 is 29.4 Å². The van der Waals surface area contributed by atoms with Crippen LogP contribution in [0.2, 0.25) is 5.02 Å². The van der Waals surface area contributed by atoms with Gasteiger partial charge < -0.3 is 30.4 Å². The van der Waals surface area contributed by atoms with E-state index >= 15 is 0 Å². The number of likely N-dealkylation sites (tertiary alicyclic amines) is 1. The maximum Gasteiger partial charge on any atom is 0.310 e. The van der Waals surface area contributed by atoms with Crippen LogP contribution >= 0.6 is 11.6 Å². The number of nitrogens with two attached hydrogens (primary N) is 2. The number of carbonyl (C=O) groups excluding carboxylic acids is 2. The normalized spacial score (nSPS) is 27.1. The summed E-state index contributed by atoms with van der Waals surface area (Å²) in [4.78, 5) is 42.7. The molecule has 2 fully saturated rings. The van der Waals surface area contributed by atoms with Gasteiger partial charge in [-0.3, -0.25) is 14.4 Å². The van der Waals surface area contributed by atoms with E-state index in [-0.39, 0.29) is 42.1 Å². The molecule has 10 nitrogen and oxygen atoms in total. The molecule has 1 aromatic carbocycles. The van der Waals surface area contributed by atoms with Gasteiger partial charge in [-0.15, -0.1) is 0 Å². The lowest BCUT2D eigenvalue weighted by molar-refractivity contribution is -0.160. The zero-order valence-electron chi connectivity index (χ0n) is 22.8. The molecule has 1 aliphatic carbocycles. The molecule has 4 atom stereocenters. The molecule has 1 saturated heterocycles. The van der Waals surface area contributed by atoms with Gasteiger partial charge in [-0.1, -0.05) is 24.9 Å². The van der Waals surface area contributed by atoms with Crippen LogP contribution in [0.25, 0.3) is 0 Å². The molecule has 5 N–H and O–H groups in total. The summed E-state index contributed by atoms with van der Waals surface area (Å²) >= 11 is 6.59. The molecule has 2 aliphatic heterocycles. The molecule has 1 aromatic rings. The molecule has 0 radical (unpaired) electrons. The Labute approximate surface area is 236 Å². The summed E-state index contributed by atoms with van der Waals surface area (Å²) in [6.45, 7) is 3.69. The molecule has 0 spiro atoms. The Morgan fingerprint density at radius 2 is 2.05 bits per heavy atom. The second kappa shape index (κ2) is 11.4. The predicted octanol–water partition coefficient (Wildman–Crippen LogP) is 3.10. The highest BCUT2D eigenvalue weighted by Gasteiger charge is 2.52. The summed E-state index contributed by atoms with van der Waals surface area (Å²) < 4.78 is 33.0. The number of carbonyl (C=O) groups is 3. The maximum atomic E-state index is 14.1. The van der Waals surface area contributed by atoms with Gasteiger partial charge in [-0.05, 0) is 49.8 Å². The molecular formula is C27H36ClF2N5O5. The van der Waals surface area contributed by atoms with Crippen molar-refractivity contribution in [2.45, 2.75) is 58.5 Å². The fraction of sp³-hybridized carbons (Fsp3) is 0.593. The minimum atomic E-state index is -2.93. The summed E-state index contributed by atoms with van der Waals surface area (Å²) in [5.41, 5.74) is 4.97. The number of hydrogen-bond acceptors (Lipinski definition) is 7. The zero-order valence-corrected chi connectivity index (χ0v) is 23.6. The van der Waals surface area contributed by atoms with Gasteiger partial charge in [0.2, 0.25) is 11.8 Å². The number of hydrazine groups is 1. The number of alkyl halides is 2. The highest BCUT2D eigenvalue weighted by atomic mass is 35.5. The molecule has 0 unspecified atom stereocenters. The molecule has 2 amide bonds. The van der Waals surface area contributed by atoms with Crippen molar-refractivity contribution in [1.29, 1.82) is 0 Å². The van der Waals surface area contributed by atoms with Gasteiger partial charge in [0.25, 0.3) is 6.43 Å². The van der Waals surface area contributed by atoms with E-state index in [1.807, 2.05) is 6.92 Å². The molecule has 4 rings (SSSR count). The first-order valence-corrected chi connectivity index (χ1v) is 13.7. The van der Waals surface area contributed by atoms with Crippen molar-refractivity contribution in [3.05, 3.63) is 39.7 Å². The fourth-order valence-corrected chi connectivity index (χ4v) is 6.53. The van der Waals surface area contributed by atoms with Crippen LogP contribution in [0.4, 0.5) is 8.78 Å². The number of allylic oxidation sites excluding steroid dienone is 1. The quantitative estimate of drug-likeness (QED) is 0.313. The largest absolute Gasteiger partial charge is 0.487 e. The van der Waals surface area contributed by atoms with Gasteiger partial charge in [0.1, 0.15) is 24.2 Å². The van der Waals surface area contributed by atoms with E-state index in [0.29, 0.717) is 48.4 Å². The molecule has 3 aliphatic rings. The molecule has 40 heavy (non-hydrogen) atoms. The summed E-state index contributed by atoms with van der Waals surface area (Å²) in [5.74, 6) is 3.50. The Balaban J connectivity index is 1.79. The smallest absolute Gasteiger partial charge is 0.310 e. The number of hydrogen-bond donors (Lipinski definition) is 3. The number of carboxylic acids is 1. The lowest BCUT2D eigenvalue weighted by atomic mass is 9.78. The summed E-state index contributed by atoms with van der Waals surface area (Å²) in [6.07, 6.45) is -1.82. The monoisotopic (exact) mass is 583 g/mol. The maximum absolute atomic E-state index is 14.1. The molecule has 220 valence electrons. The number of rotatable bonds is 8. The van der Waals surface area contributed by atoms with Crippen LogP contribution in [0.5, 0.6) is 5.75 Å². The first-order valence-electron chi connectivity index (χ1n) is 13.3. The van der Waals surface area contributed by atoms with Crippen molar-refractivity contribution in [3.8, 4) is 5.75 Å². The second-order valence-corrected chi connectivity index (χ2v) is 11.6. The van der Waals surface area contributed by atoms with E-state index in [0.717, 1.165) is 5.01 Å². The van der Waals surface area contributed by atoms with Crippen LogP contribution in [-0.2, 0) is 20.8 Å². The molecule has 0 bridgehead atoms. The lowest BCUT2D eigenvalue weighted by Crippen LogP contribution is -2.53. The average Bonchev–Trinajstić information content (AvgIpc) is 3.43. The second-order valence-electron chi connectivity index (χ2n) is 11.2. The topological polar surface area (TPSA) is 142 Å². The van der Waals surface area contributed by atoms with Crippen molar-refractivity contribution in [3.63, 3.8) is 0 Å². The van der Waals surface area contributed by atoms with Crippen molar-refractivity contribution in [2.24, 2.45) is 28.8 Å². The van der Waals surface area contributed by atoms with E-state index in [1.54, 1.807) is 28.9 Å². The number of nitrogens with zero attached hydrogens (tertiary/aromatic N) is 3. The fourth-order valence-electron chi connectivity index (χ4n) is 6.27. The van der Waals surface area contributed by atoms with Crippen LogP contribution in [0, 0.1) is 17.3 Å². The number of carboxylic acid groups (broad SMARTS) is 1. The Morgan fingerprint density at radius 1 is 1.35 bits per heavy atom. The minimum absolute atomic E-state index is 0.0291. The Kier molecular flexibility index (Phi) is 8.51. The van der Waals surface area contributed by atoms with E-state index in [9.17, 15) is 28.3 Å². The van der Waals surface area contributed by atoms with Crippen LogP contribution in [0.1, 0.15) is 56.8 Å². The van der Waals surface area contributed by atoms with Crippen molar-refractivity contribution < 1.29 is 33.0 Å². The van der Waals surface area contributed by atoms with E-state index in [2.05, 4.69) is 0 Å². The molecule has 0 aromatic heterocycles. The highest BCUT2D eigenvalue weighted by molar-refractivity contribution is 6.31. The van der Waals surface area contributed by atoms with Crippen LogP contribution in [0.3, 0.4) is 0 Å². The van der Waals surface area contributed by atoms with Crippen molar-refractivity contribution in [1.82, 2.24) is 14.8 Å². The van der Waals surface area contributed by atoms with Gasteiger partial charge in [0.15, 0.2) is 0 Å². The van der Waals surface area contributed by atoms with Crippen molar-refractivity contribution in [2.75, 3.05) is 26.7 Å². The standard InChI is InChI=1S/C27H36ClF2N5O5/c1-14-11-20(36)35(12-14)24-21-15(8-10-34(24)25(37)16-5-4-9-27(16,2)26(38)39)17(28)6-7-19(21)40-13-18(31)22(23(29)30)33(3)32/h6-7,14,16,23-24H,4-5,8-13,31-32H2,1-3H3,(H,38,39)/b22-18-/t14-,16+,24-,27+/m1/s1. The SMILES string of the molecule is C[C@@H]1CC(=O)N([C@@H]2c3c(OC/C(N)=C(\C(F)F)N(C)N)ccc(Cl)c3CCN2C(=O)[C@@H]2CCC[C@]2(C)C(=O)O)C1. The number of fused-ring (bicyclic) bond motifs is 1. The molecule has 2 heterocycles. The van der Waals surface area contributed by atoms with Gasteiger partial charge in [0, 0.05) is 37.1 Å². The van der Waals surface area contributed by atoms with E-state index in [4.69, 9.17) is 27.9 Å².